The molecule has 2 fully saturated rings. The van der Waals surface area contributed by atoms with E-state index in [1.165, 1.54) is 6.07 Å². The summed E-state index contributed by atoms with van der Waals surface area (Å²) in [5.74, 6) is -0.690. The third kappa shape index (κ3) is 4.00. The number of benzene rings is 1. The van der Waals surface area contributed by atoms with Gasteiger partial charge < -0.3 is 20.5 Å². The highest BCUT2D eigenvalue weighted by atomic mass is 19.1. The lowest BCUT2D eigenvalue weighted by atomic mass is 9.84. The van der Waals surface area contributed by atoms with Gasteiger partial charge in [-0.1, -0.05) is 38.1 Å². The second-order valence-corrected chi connectivity index (χ2v) is 8.68. The van der Waals surface area contributed by atoms with Crippen molar-refractivity contribution in [2.45, 2.75) is 57.3 Å². The van der Waals surface area contributed by atoms with Gasteiger partial charge in [-0.25, -0.2) is 9.18 Å². The van der Waals surface area contributed by atoms with Gasteiger partial charge in [-0.15, -0.1) is 0 Å². The second-order valence-electron chi connectivity index (χ2n) is 8.68. The number of piperidine rings is 1. The Hall–Kier alpha value is -3.01. The largest absolute Gasteiger partial charge is 0.344 e. The lowest BCUT2D eigenvalue weighted by Gasteiger charge is -2.33. The predicted molar refractivity (Wildman–Crippen MR) is 105 cm³/mol. The van der Waals surface area contributed by atoms with Crippen molar-refractivity contribution in [2.24, 2.45) is 0 Å². The summed E-state index contributed by atoms with van der Waals surface area (Å²) in [6.45, 7) is 6.46. The topological polar surface area (TPSA) is 121 Å². The van der Waals surface area contributed by atoms with Crippen LogP contribution in [0.2, 0.25) is 0 Å². The first-order valence-corrected chi connectivity index (χ1v) is 9.93. The molecule has 4 rings (SSSR count). The zero-order chi connectivity index (χ0) is 21.5. The Kier molecular flexibility index (Phi) is 5.19. The molecule has 2 aliphatic rings. The van der Waals surface area contributed by atoms with Gasteiger partial charge in [0.2, 0.25) is 0 Å². The van der Waals surface area contributed by atoms with Crippen molar-refractivity contribution in [2.75, 3.05) is 6.54 Å². The minimum absolute atomic E-state index is 0.00236. The molecule has 0 aliphatic carbocycles. The third-order valence-corrected chi connectivity index (χ3v) is 5.43. The molecule has 1 aromatic carbocycles. The Morgan fingerprint density at radius 3 is 2.83 bits per heavy atom. The summed E-state index contributed by atoms with van der Waals surface area (Å²) in [7, 11) is 0. The molecule has 0 spiro atoms. The summed E-state index contributed by atoms with van der Waals surface area (Å²) in [5.41, 5.74) is 0.822. The van der Waals surface area contributed by atoms with Crippen molar-refractivity contribution >= 4 is 11.9 Å². The van der Waals surface area contributed by atoms with Gasteiger partial charge in [0.15, 0.2) is 5.82 Å². The van der Waals surface area contributed by atoms with E-state index < -0.39 is 11.7 Å². The monoisotopic (exact) mass is 416 g/mol. The molecule has 2 saturated heterocycles. The normalized spacial score (nSPS) is 23.5. The van der Waals surface area contributed by atoms with Gasteiger partial charge >= 0.3 is 17.8 Å². The van der Waals surface area contributed by atoms with E-state index >= 15 is 0 Å². The molecular weight excluding hydrogens is 391 g/mol. The zero-order valence-corrected chi connectivity index (χ0v) is 17.1. The van der Waals surface area contributed by atoms with Gasteiger partial charge in [-0.3, -0.25) is 10.1 Å². The van der Waals surface area contributed by atoms with Crippen LogP contribution in [0, 0.1) is 5.82 Å². The first kappa shape index (κ1) is 20.3. The van der Waals surface area contributed by atoms with Crippen LogP contribution in [0.15, 0.2) is 22.7 Å². The summed E-state index contributed by atoms with van der Waals surface area (Å²) in [6.07, 6.45) is 0.622. The molecule has 0 radical (unpaired) electrons. The van der Waals surface area contributed by atoms with E-state index in [9.17, 15) is 14.0 Å². The first-order chi connectivity index (χ1) is 14.2. The minimum Gasteiger partial charge on any atom is -0.344 e. The molecule has 30 heavy (non-hydrogen) atoms. The van der Waals surface area contributed by atoms with Crippen LogP contribution < -0.4 is 21.3 Å². The average molecular weight is 416 g/mol. The summed E-state index contributed by atoms with van der Waals surface area (Å²) in [5, 5.41) is 15.4. The highest BCUT2D eigenvalue weighted by molar-refractivity contribution is 5.89. The molecule has 0 bridgehead atoms. The lowest BCUT2D eigenvalue weighted by molar-refractivity contribution is 0.0906. The minimum atomic E-state index is -0.553. The number of hydrogen-bond donors (Lipinski definition) is 4. The van der Waals surface area contributed by atoms with Crippen molar-refractivity contribution in [3.8, 4) is 0 Å². The highest BCUT2D eigenvalue weighted by Gasteiger charge is 2.40. The molecule has 2 aliphatic heterocycles. The van der Waals surface area contributed by atoms with E-state index in [2.05, 4.69) is 31.4 Å². The third-order valence-electron chi connectivity index (χ3n) is 5.43. The predicted octanol–water partition coefficient (Wildman–Crippen LogP) is 1.52. The van der Waals surface area contributed by atoms with Crippen molar-refractivity contribution in [1.82, 2.24) is 31.4 Å². The van der Waals surface area contributed by atoms with E-state index in [1.54, 1.807) is 6.07 Å². The lowest BCUT2D eigenvalue weighted by Crippen LogP contribution is -2.53. The average Bonchev–Trinajstić information content (AvgIpc) is 3.32. The van der Waals surface area contributed by atoms with Crippen molar-refractivity contribution in [3.63, 3.8) is 0 Å². The number of nitrogens with zero attached hydrogens (tertiary/aromatic N) is 2. The number of halogens is 1. The maximum Gasteiger partial charge on any atom is 0.316 e. The second kappa shape index (κ2) is 7.67. The fourth-order valence-electron chi connectivity index (χ4n) is 3.78. The zero-order valence-electron chi connectivity index (χ0n) is 17.1. The molecule has 4 N–H and O–H groups in total. The molecule has 3 atom stereocenters. The molecule has 3 amide bonds. The van der Waals surface area contributed by atoms with Crippen LogP contribution in [0.4, 0.5) is 9.18 Å². The Labute approximate surface area is 173 Å². The smallest absolute Gasteiger partial charge is 0.316 e. The Bertz CT molecular complexity index is 970. The quantitative estimate of drug-likeness (QED) is 0.600. The number of nitrogens with one attached hydrogen (secondary N) is 4. The fourth-order valence-corrected chi connectivity index (χ4v) is 3.78. The van der Waals surface area contributed by atoms with Crippen LogP contribution >= 0.6 is 0 Å². The van der Waals surface area contributed by atoms with E-state index in [0.717, 1.165) is 18.5 Å². The molecule has 10 heteroatoms. The van der Waals surface area contributed by atoms with Crippen LogP contribution in [-0.4, -0.2) is 40.8 Å². The van der Waals surface area contributed by atoms with E-state index in [-0.39, 0.29) is 42.0 Å². The summed E-state index contributed by atoms with van der Waals surface area (Å²) in [6, 6.07) is 4.61. The van der Waals surface area contributed by atoms with Crippen LogP contribution in [-0.2, 0) is 12.0 Å². The number of urea groups is 1. The molecule has 9 nitrogen and oxygen atoms in total. The van der Waals surface area contributed by atoms with Gasteiger partial charge in [0.25, 0.3) is 0 Å². The van der Waals surface area contributed by atoms with Crippen LogP contribution in [0.1, 0.15) is 60.7 Å². The van der Waals surface area contributed by atoms with Gasteiger partial charge in [0.05, 0.1) is 6.04 Å². The van der Waals surface area contributed by atoms with Gasteiger partial charge in [-0.2, -0.15) is 4.98 Å². The Morgan fingerprint density at radius 1 is 1.33 bits per heavy atom. The summed E-state index contributed by atoms with van der Waals surface area (Å²) >= 11 is 0. The Balaban J connectivity index is 1.42. The number of rotatable bonds is 4. The standard InChI is InChI=1S/C20H25FN6O3/c1-20(2,3)18-26-17(30-27-18)16(28)23-9-11-5-4-10(8-13(11)21)12-6-7-22-15-14(12)24-19(29)25-15/h4-5,8,12,14-15,22H,6-7,9H2,1-3H3,(H,23,28)(H2,24,25,29). The fraction of sp³-hybridized carbons (Fsp3) is 0.500. The maximum atomic E-state index is 14.7. The van der Waals surface area contributed by atoms with E-state index in [0.29, 0.717) is 11.4 Å². The van der Waals surface area contributed by atoms with Crippen LogP contribution in [0.3, 0.4) is 0 Å². The van der Waals surface area contributed by atoms with Crippen molar-refractivity contribution < 1.29 is 18.5 Å². The number of aromatic nitrogens is 2. The number of carbonyl (C=O) groups excluding carboxylic acids is 2. The Morgan fingerprint density at radius 2 is 2.13 bits per heavy atom. The number of amides is 3. The number of hydrogen-bond acceptors (Lipinski definition) is 6. The van der Waals surface area contributed by atoms with Crippen LogP contribution in [0.25, 0.3) is 0 Å². The van der Waals surface area contributed by atoms with Crippen molar-refractivity contribution in [3.05, 3.63) is 46.9 Å². The highest BCUT2D eigenvalue weighted by Crippen LogP contribution is 2.30. The first-order valence-electron chi connectivity index (χ1n) is 9.93. The number of fused-ring (bicyclic) bond motifs is 1. The number of carbonyl (C=O) groups is 2. The molecular formula is C20H25FN6O3. The molecule has 1 aromatic heterocycles. The van der Waals surface area contributed by atoms with Crippen LogP contribution in [0.5, 0.6) is 0 Å². The van der Waals surface area contributed by atoms with Gasteiger partial charge in [0.1, 0.15) is 12.0 Å². The molecule has 3 heterocycles. The summed E-state index contributed by atoms with van der Waals surface area (Å²) < 4.78 is 19.7. The van der Waals surface area contributed by atoms with E-state index in [1.807, 2.05) is 26.8 Å². The van der Waals surface area contributed by atoms with E-state index in [4.69, 9.17) is 4.52 Å². The van der Waals surface area contributed by atoms with Gasteiger partial charge in [-0.05, 0) is 24.6 Å². The van der Waals surface area contributed by atoms with Gasteiger partial charge in [0, 0.05) is 23.4 Å². The molecule has 160 valence electrons. The SMILES string of the molecule is CC(C)(C)c1noc(C(=O)NCc2ccc(C3CCNC4NC(=O)NC43)cc2F)n1. The molecule has 0 saturated carbocycles. The summed E-state index contributed by atoms with van der Waals surface area (Å²) in [4.78, 5) is 28.0. The maximum absolute atomic E-state index is 14.7. The van der Waals surface area contributed by atoms with Crippen molar-refractivity contribution in [1.29, 1.82) is 0 Å². The molecule has 2 aromatic rings. The molecule has 3 unspecified atom stereocenters.